The second-order valence-corrected chi connectivity index (χ2v) is 9.85. The third kappa shape index (κ3) is 3.69. The Labute approximate surface area is 193 Å². The molecule has 8 heteroatoms. The molecule has 5 unspecified atom stereocenters. The van der Waals surface area contributed by atoms with Crippen LogP contribution in [-0.2, 0) is 11.2 Å². The number of aromatic nitrogens is 2. The van der Waals surface area contributed by atoms with E-state index in [1.807, 2.05) is 12.3 Å². The third-order valence-corrected chi connectivity index (χ3v) is 8.06. The van der Waals surface area contributed by atoms with Crippen LogP contribution in [0.5, 0.6) is 5.75 Å². The first-order valence-electron chi connectivity index (χ1n) is 12.2. The summed E-state index contributed by atoms with van der Waals surface area (Å²) in [5.41, 5.74) is 11.0. The first-order valence-corrected chi connectivity index (χ1v) is 12.2. The highest BCUT2D eigenvalue weighted by atomic mass is 19.1. The molecule has 4 N–H and O–H groups in total. The number of halogens is 1. The fourth-order valence-electron chi connectivity index (χ4n) is 6.05. The van der Waals surface area contributed by atoms with Gasteiger partial charge in [-0.05, 0) is 48.1 Å². The Balaban J connectivity index is 1.16. The molecule has 0 spiro atoms. The van der Waals surface area contributed by atoms with Crippen LogP contribution < -0.4 is 10.9 Å². The van der Waals surface area contributed by atoms with Gasteiger partial charge in [0.1, 0.15) is 17.7 Å². The lowest BCUT2D eigenvalue weighted by Crippen LogP contribution is -2.47. The van der Waals surface area contributed by atoms with Crippen molar-refractivity contribution in [2.24, 2.45) is 5.92 Å². The second-order valence-electron chi connectivity index (χ2n) is 9.85. The van der Waals surface area contributed by atoms with Crippen LogP contribution in [0.1, 0.15) is 54.4 Å². The molecular formula is C25H32FN5O2. The van der Waals surface area contributed by atoms with Crippen LogP contribution in [0.2, 0.25) is 0 Å². The molecule has 3 aliphatic heterocycles. The number of aryl methyl sites for hydroxylation is 1. The molecule has 176 valence electrons. The Hall–Kier alpha value is -2.26. The lowest BCUT2D eigenvalue weighted by Gasteiger charge is -2.36. The van der Waals surface area contributed by atoms with E-state index in [0.29, 0.717) is 6.04 Å². The van der Waals surface area contributed by atoms with Crippen molar-refractivity contribution in [2.75, 3.05) is 26.3 Å². The zero-order valence-electron chi connectivity index (χ0n) is 18.9. The van der Waals surface area contributed by atoms with E-state index < -0.39 is 6.17 Å². The maximum Gasteiger partial charge on any atom is 0.125 e. The highest BCUT2D eigenvalue weighted by Gasteiger charge is 2.48. The average molecular weight is 454 g/mol. The number of fused-ring (bicyclic) bond motifs is 1. The Kier molecular flexibility index (Phi) is 5.49. The Morgan fingerprint density at radius 2 is 2.12 bits per heavy atom. The van der Waals surface area contributed by atoms with Gasteiger partial charge in [-0.2, -0.15) is 0 Å². The van der Waals surface area contributed by atoms with Crippen LogP contribution in [0, 0.1) is 5.92 Å². The zero-order valence-corrected chi connectivity index (χ0v) is 18.9. The van der Waals surface area contributed by atoms with Gasteiger partial charge in [0.2, 0.25) is 0 Å². The summed E-state index contributed by atoms with van der Waals surface area (Å²) in [6.45, 7) is 5.57. The van der Waals surface area contributed by atoms with Crippen molar-refractivity contribution in [2.45, 2.75) is 56.4 Å². The SMILES string of the molecule is CCc1cc(O)ccc1C1CCC2C(c3ncc(C4=CCN(C5COC5)C4)[nH]3)NNC2C1F. The molecule has 3 fully saturated rings. The number of ether oxygens (including phenoxy) is 1. The van der Waals surface area contributed by atoms with Gasteiger partial charge in [-0.1, -0.05) is 19.1 Å². The predicted molar refractivity (Wildman–Crippen MR) is 123 cm³/mol. The monoisotopic (exact) mass is 453 g/mol. The van der Waals surface area contributed by atoms with Crippen LogP contribution in [0.3, 0.4) is 0 Å². The number of imidazole rings is 1. The molecule has 0 amide bonds. The Bertz CT molecular complexity index is 1050. The first kappa shape index (κ1) is 21.3. The molecule has 1 aromatic heterocycles. The number of nitrogens with zero attached hydrogens (tertiary/aromatic N) is 2. The smallest absolute Gasteiger partial charge is 0.125 e. The van der Waals surface area contributed by atoms with Crippen molar-refractivity contribution in [3.63, 3.8) is 0 Å². The Morgan fingerprint density at radius 1 is 1.24 bits per heavy atom. The fourth-order valence-corrected chi connectivity index (χ4v) is 6.05. The number of rotatable bonds is 5. The number of hydrogen-bond acceptors (Lipinski definition) is 6. The van der Waals surface area contributed by atoms with Crippen molar-refractivity contribution < 1.29 is 14.2 Å². The number of phenols is 1. The minimum Gasteiger partial charge on any atom is -0.508 e. The van der Waals surface area contributed by atoms with E-state index in [0.717, 1.165) is 68.2 Å². The molecule has 2 saturated heterocycles. The van der Waals surface area contributed by atoms with Gasteiger partial charge in [0.25, 0.3) is 0 Å². The van der Waals surface area contributed by atoms with Crippen molar-refractivity contribution in [3.8, 4) is 5.75 Å². The summed E-state index contributed by atoms with van der Waals surface area (Å²) >= 11 is 0. The second kappa shape index (κ2) is 8.51. The van der Waals surface area contributed by atoms with Gasteiger partial charge in [0, 0.05) is 24.9 Å². The van der Waals surface area contributed by atoms with Gasteiger partial charge in [-0.3, -0.25) is 10.3 Å². The van der Waals surface area contributed by atoms with E-state index in [2.05, 4.69) is 38.7 Å². The number of phenolic OH excluding ortho intramolecular Hbond substituents is 1. The maximum absolute atomic E-state index is 15.8. The number of aromatic hydroxyl groups is 1. The number of alkyl halides is 1. The highest BCUT2D eigenvalue weighted by molar-refractivity contribution is 5.66. The zero-order chi connectivity index (χ0) is 22.5. The van der Waals surface area contributed by atoms with Gasteiger partial charge >= 0.3 is 0 Å². The van der Waals surface area contributed by atoms with E-state index in [1.54, 1.807) is 12.1 Å². The molecule has 4 heterocycles. The lowest BCUT2D eigenvalue weighted by molar-refractivity contribution is -0.0547. The van der Waals surface area contributed by atoms with E-state index in [1.165, 1.54) is 5.57 Å². The topological polar surface area (TPSA) is 85.4 Å². The van der Waals surface area contributed by atoms with Crippen molar-refractivity contribution in [1.29, 1.82) is 0 Å². The van der Waals surface area contributed by atoms with E-state index in [4.69, 9.17) is 4.74 Å². The van der Waals surface area contributed by atoms with Crippen LogP contribution in [0.15, 0.2) is 30.5 Å². The van der Waals surface area contributed by atoms with E-state index in [-0.39, 0.29) is 29.7 Å². The van der Waals surface area contributed by atoms with Crippen molar-refractivity contribution in [3.05, 3.63) is 53.1 Å². The van der Waals surface area contributed by atoms with Crippen LogP contribution in [-0.4, -0.2) is 64.5 Å². The molecule has 2 aromatic rings. The van der Waals surface area contributed by atoms with Gasteiger partial charge in [-0.15, -0.1) is 0 Å². The summed E-state index contributed by atoms with van der Waals surface area (Å²) < 4.78 is 21.1. The molecular weight excluding hydrogens is 421 g/mol. The number of benzene rings is 1. The van der Waals surface area contributed by atoms with Gasteiger partial charge in [0.15, 0.2) is 0 Å². The van der Waals surface area contributed by atoms with Crippen molar-refractivity contribution in [1.82, 2.24) is 25.7 Å². The minimum atomic E-state index is -0.999. The summed E-state index contributed by atoms with van der Waals surface area (Å²) in [4.78, 5) is 10.6. The number of H-pyrrole nitrogens is 1. The van der Waals surface area contributed by atoms with Gasteiger partial charge in [-0.25, -0.2) is 14.8 Å². The van der Waals surface area contributed by atoms with Crippen molar-refractivity contribution >= 4 is 5.57 Å². The van der Waals surface area contributed by atoms with Crippen LogP contribution >= 0.6 is 0 Å². The minimum absolute atomic E-state index is 0.0356. The highest BCUT2D eigenvalue weighted by Crippen LogP contribution is 2.45. The quantitative estimate of drug-likeness (QED) is 0.557. The molecule has 4 aliphatic rings. The molecule has 0 radical (unpaired) electrons. The third-order valence-electron chi connectivity index (χ3n) is 8.06. The van der Waals surface area contributed by atoms with E-state index >= 15 is 4.39 Å². The number of nitrogens with one attached hydrogen (secondary N) is 3. The average Bonchev–Trinajstić information content (AvgIpc) is 3.52. The summed E-state index contributed by atoms with van der Waals surface area (Å²) in [7, 11) is 0. The summed E-state index contributed by atoms with van der Waals surface area (Å²) in [5.74, 6) is 1.10. The number of hydrogen-bond donors (Lipinski definition) is 4. The molecule has 1 aromatic carbocycles. The summed E-state index contributed by atoms with van der Waals surface area (Å²) in [6.07, 6.45) is 5.67. The largest absolute Gasteiger partial charge is 0.508 e. The molecule has 1 saturated carbocycles. The lowest BCUT2D eigenvalue weighted by atomic mass is 9.71. The number of hydrazine groups is 1. The van der Waals surface area contributed by atoms with Gasteiger partial charge < -0.3 is 14.8 Å². The standard InChI is InChI=1S/C25H32FN5O2/c1-2-14-9-17(32)3-4-18(14)19-5-6-20-23(22(19)26)29-30-24(20)25-27-10-21(28-25)15-7-8-31(11-15)16-12-33-13-16/h3-4,7,9-10,16,19-20,22-24,29-30,32H,2,5-6,8,11-13H2,1H3,(H,27,28). The first-order chi connectivity index (χ1) is 16.1. The van der Waals surface area contributed by atoms with E-state index in [9.17, 15) is 5.11 Å². The van der Waals surface area contributed by atoms with Gasteiger partial charge in [0.05, 0.1) is 43.2 Å². The summed E-state index contributed by atoms with van der Waals surface area (Å²) in [5, 5.41) is 9.84. The van der Waals surface area contributed by atoms with Crippen LogP contribution in [0.25, 0.3) is 5.57 Å². The number of aromatic amines is 1. The predicted octanol–water partition coefficient (Wildman–Crippen LogP) is 2.82. The molecule has 33 heavy (non-hydrogen) atoms. The van der Waals surface area contributed by atoms with Crippen LogP contribution in [0.4, 0.5) is 4.39 Å². The molecule has 1 aliphatic carbocycles. The summed E-state index contributed by atoms with van der Waals surface area (Å²) in [6, 6.07) is 5.59. The molecule has 6 rings (SSSR count). The maximum atomic E-state index is 15.8. The Morgan fingerprint density at radius 3 is 2.91 bits per heavy atom. The molecule has 5 atom stereocenters. The molecule has 0 bridgehead atoms. The normalized spacial score (nSPS) is 32.5. The molecule has 7 nitrogen and oxygen atoms in total. The fraction of sp³-hybridized carbons (Fsp3) is 0.560.